The average molecular weight is 358 g/mol. The summed E-state index contributed by atoms with van der Waals surface area (Å²) in [5.74, 6) is 0.655. The number of hydrogen-bond acceptors (Lipinski definition) is 4. The van der Waals surface area contributed by atoms with Gasteiger partial charge in [0, 0.05) is 18.0 Å². The maximum atomic E-state index is 12.9. The number of ether oxygens (including phenoxy) is 1. The first-order valence-electron chi connectivity index (χ1n) is 6.83. The lowest BCUT2D eigenvalue weighted by molar-refractivity contribution is 0.393. The Labute approximate surface area is 139 Å². The number of sulfonamides is 1. The van der Waals surface area contributed by atoms with Gasteiger partial charge in [0.2, 0.25) is 10.0 Å². The summed E-state index contributed by atoms with van der Waals surface area (Å²) in [5, 5.41) is 0. The molecule has 4 nitrogen and oxygen atoms in total. The first-order chi connectivity index (χ1) is 10.4. The van der Waals surface area contributed by atoms with Crippen LogP contribution in [0.2, 0.25) is 4.34 Å². The third-order valence-corrected chi connectivity index (χ3v) is 7.17. The van der Waals surface area contributed by atoms with Crippen molar-refractivity contribution in [2.75, 3.05) is 13.7 Å². The summed E-state index contributed by atoms with van der Waals surface area (Å²) >= 11 is 7.56. The molecule has 118 valence electrons. The maximum Gasteiger partial charge on any atom is 0.243 e. The third kappa shape index (κ3) is 2.76. The fraction of sp³-hybridized carbons (Fsp3) is 0.333. The van der Waals surface area contributed by atoms with Crippen LogP contribution in [0.1, 0.15) is 16.0 Å². The molecule has 22 heavy (non-hydrogen) atoms. The van der Waals surface area contributed by atoms with Gasteiger partial charge in [-0.3, -0.25) is 0 Å². The summed E-state index contributed by atoms with van der Waals surface area (Å²) in [4.78, 5) is 1.51. The summed E-state index contributed by atoms with van der Waals surface area (Å²) in [5.41, 5.74) is 1.70. The third-order valence-electron chi connectivity index (χ3n) is 3.80. The molecule has 0 bridgehead atoms. The summed E-state index contributed by atoms with van der Waals surface area (Å²) in [7, 11) is -1.95. The highest BCUT2D eigenvalue weighted by Gasteiger charge is 2.30. The lowest BCUT2D eigenvalue weighted by Crippen LogP contribution is -2.35. The zero-order valence-electron chi connectivity index (χ0n) is 12.3. The highest BCUT2D eigenvalue weighted by Crippen LogP contribution is 2.34. The molecule has 1 aromatic carbocycles. The van der Waals surface area contributed by atoms with E-state index in [2.05, 4.69) is 0 Å². The van der Waals surface area contributed by atoms with Gasteiger partial charge in [-0.25, -0.2) is 8.42 Å². The highest BCUT2D eigenvalue weighted by molar-refractivity contribution is 7.89. The van der Waals surface area contributed by atoms with Crippen molar-refractivity contribution in [3.8, 4) is 5.75 Å². The van der Waals surface area contributed by atoms with Gasteiger partial charge >= 0.3 is 0 Å². The molecule has 1 aliphatic heterocycles. The zero-order chi connectivity index (χ0) is 15.9. The molecule has 0 radical (unpaired) electrons. The molecule has 0 unspecified atom stereocenters. The van der Waals surface area contributed by atoms with Crippen LogP contribution in [-0.4, -0.2) is 26.4 Å². The van der Waals surface area contributed by atoms with Crippen LogP contribution < -0.4 is 4.74 Å². The van der Waals surface area contributed by atoms with E-state index in [1.54, 1.807) is 32.2 Å². The van der Waals surface area contributed by atoms with Crippen molar-refractivity contribution in [2.24, 2.45) is 0 Å². The molecule has 1 aromatic heterocycles. The predicted octanol–water partition coefficient (Wildman–Crippen LogP) is 3.47. The van der Waals surface area contributed by atoms with Crippen molar-refractivity contribution in [2.45, 2.75) is 24.8 Å². The number of methoxy groups -OCH3 is 1. The standard InChI is InChI=1S/C15H16ClNO3S2/c1-10-7-12(20-2)3-4-14(10)22(18,19)17-6-5-13-11(9-17)8-15(16)21-13/h3-4,7-8H,5-6,9H2,1-2H3. The Kier molecular flexibility index (Phi) is 4.20. The van der Waals surface area contributed by atoms with Crippen LogP contribution in [-0.2, 0) is 23.0 Å². The molecule has 0 atom stereocenters. The SMILES string of the molecule is COc1ccc(S(=O)(=O)N2CCc3sc(Cl)cc3C2)c(C)c1. The van der Waals surface area contributed by atoms with Gasteiger partial charge in [-0.1, -0.05) is 11.6 Å². The van der Waals surface area contributed by atoms with Crippen molar-refractivity contribution in [3.05, 3.63) is 44.6 Å². The Morgan fingerprint density at radius 1 is 1.32 bits per heavy atom. The number of nitrogens with zero attached hydrogens (tertiary/aromatic N) is 1. The van der Waals surface area contributed by atoms with Crippen LogP contribution in [0.5, 0.6) is 5.75 Å². The number of rotatable bonds is 3. The molecular weight excluding hydrogens is 342 g/mol. The molecule has 0 saturated carbocycles. The molecule has 2 heterocycles. The van der Waals surface area contributed by atoms with Crippen LogP contribution in [0.25, 0.3) is 0 Å². The second kappa shape index (κ2) is 5.85. The molecule has 0 saturated heterocycles. The molecule has 7 heteroatoms. The minimum Gasteiger partial charge on any atom is -0.497 e. The van der Waals surface area contributed by atoms with E-state index < -0.39 is 10.0 Å². The first-order valence-corrected chi connectivity index (χ1v) is 9.47. The van der Waals surface area contributed by atoms with Crippen LogP contribution in [0, 0.1) is 6.92 Å². The van der Waals surface area contributed by atoms with Crippen molar-refractivity contribution < 1.29 is 13.2 Å². The highest BCUT2D eigenvalue weighted by atomic mass is 35.5. The van der Waals surface area contributed by atoms with Crippen LogP contribution >= 0.6 is 22.9 Å². The lowest BCUT2D eigenvalue weighted by Gasteiger charge is -2.26. The molecular formula is C15H16ClNO3S2. The summed E-state index contributed by atoms with van der Waals surface area (Å²) in [6.07, 6.45) is 0.709. The van der Waals surface area contributed by atoms with Gasteiger partial charge < -0.3 is 4.74 Å². The summed E-state index contributed by atoms with van der Waals surface area (Å²) in [6.45, 7) is 2.65. The van der Waals surface area contributed by atoms with E-state index in [4.69, 9.17) is 16.3 Å². The smallest absolute Gasteiger partial charge is 0.243 e. The second-order valence-electron chi connectivity index (χ2n) is 5.22. The van der Waals surface area contributed by atoms with Crippen molar-refractivity contribution in [1.29, 1.82) is 0 Å². The van der Waals surface area contributed by atoms with Crippen LogP contribution in [0.15, 0.2) is 29.2 Å². The number of thiophene rings is 1. The number of benzene rings is 1. The van der Waals surface area contributed by atoms with Crippen molar-refractivity contribution in [1.82, 2.24) is 4.31 Å². The van der Waals surface area contributed by atoms with Gasteiger partial charge in [0.15, 0.2) is 0 Å². The Bertz CT molecular complexity index is 814. The van der Waals surface area contributed by atoms with Crippen molar-refractivity contribution in [3.63, 3.8) is 0 Å². The monoisotopic (exact) mass is 357 g/mol. The van der Waals surface area contributed by atoms with Gasteiger partial charge in [-0.05, 0) is 48.7 Å². The van der Waals surface area contributed by atoms with E-state index in [-0.39, 0.29) is 0 Å². The molecule has 0 amide bonds. The summed E-state index contributed by atoms with van der Waals surface area (Å²) < 4.78 is 33.1. The molecule has 2 aromatic rings. The fourth-order valence-electron chi connectivity index (χ4n) is 2.65. The van der Waals surface area contributed by atoms with Gasteiger partial charge in [-0.2, -0.15) is 4.31 Å². The minimum absolute atomic E-state index is 0.332. The topological polar surface area (TPSA) is 46.6 Å². The quantitative estimate of drug-likeness (QED) is 0.845. The fourth-order valence-corrected chi connectivity index (χ4v) is 5.57. The van der Waals surface area contributed by atoms with Gasteiger partial charge in [0.1, 0.15) is 5.75 Å². The molecule has 0 fully saturated rings. The number of halogens is 1. The van der Waals surface area contributed by atoms with Crippen LogP contribution in [0.3, 0.4) is 0 Å². The minimum atomic E-state index is -3.51. The van der Waals surface area contributed by atoms with Gasteiger partial charge in [0.25, 0.3) is 0 Å². The largest absolute Gasteiger partial charge is 0.497 e. The van der Waals surface area contributed by atoms with E-state index >= 15 is 0 Å². The Balaban J connectivity index is 1.94. The molecule has 3 rings (SSSR count). The Morgan fingerprint density at radius 2 is 2.09 bits per heavy atom. The lowest BCUT2D eigenvalue weighted by atomic mass is 10.1. The molecule has 0 aliphatic carbocycles. The zero-order valence-corrected chi connectivity index (χ0v) is 14.7. The number of fused-ring (bicyclic) bond motifs is 1. The number of aryl methyl sites for hydroxylation is 1. The molecule has 0 spiro atoms. The molecule has 0 N–H and O–H groups in total. The predicted molar refractivity (Wildman–Crippen MR) is 88.4 cm³/mol. The van der Waals surface area contributed by atoms with Crippen LogP contribution in [0.4, 0.5) is 0 Å². The normalized spacial score (nSPS) is 15.6. The first kappa shape index (κ1) is 15.8. The second-order valence-corrected chi connectivity index (χ2v) is 8.89. The van der Waals surface area contributed by atoms with E-state index in [0.29, 0.717) is 40.1 Å². The van der Waals surface area contributed by atoms with Gasteiger partial charge in [0.05, 0.1) is 16.3 Å². The van der Waals surface area contributed by atoms with E-state index in [0.717, 1.165) is 5.56 Å². The average Bonchev–Trinajstić information content (AvgIpc) is 2.85. The molecule has 1 aliphatic rings. The van der Waals surface area contributed by atoms with E-state index in [1.807, 2.05) is 6.07 Å². The van der Waals surface area contributed by atoms with E-state index in [1.165, 1.54) is 20.5 Å². The van der Waals surface area contributed by atoms with Gasteiger partial charge in [-0.15, -0.1) is 11.3 Å². The van der Waals surface area contributed by atoms with E-state index in [9.17, 15) is 8.42 Å². The Morgan fingerprint density at radius 3 is 2.77 bits per heavy atom. The van der Waals surface area contributed by atoms with Crippen molar-refractivity contribution >= 4 is 33.0 Å². The maximum absolute atomic E-state index is 12.9. The summed E-state index contributed by atoms with van der Waals surface area (Å²) in [6, 6.07) is 6.89. The Hall–Kier alpha value is -1.08. The number of hydrogen-bond donors (Lipinski definition) is 0.